The summed E-state index contributed by atoms with van der Waals surface area (Å²) < 4.78 is 0.705. The van der Waals surface area contributed by atoms with Gasteiger partial charge in [0.15, 0.2) is 5.69 Å². The molecule has 132 valence electrons. The monoisotopic (exact) mass is 404 g/mol. The number of carbonyl (C=O) groups is 2. The van der Waals surface area contributed by atoms with Gasteiger partial charge in [-0.15, -0.1) is 0 Å². The molecule has 0 unspecified atom stereocenters. The van der Waals surface area contributed by atoms with Crippen LogP contribution in [0.15, 0.2) is 28.7 Å². The van der Waals surface area contributed by atoms with Gasteiger partial charge in [-0.25, -0.2) is 0 Å². The summed E-state index contributed by atoms with van der Waals surface area (Å²) in [6.07, 6.45) is 1.50. The van der Waals surface area contributed by atoms with Crippen molar-refractivity contribution in [1.82, 2.24) is 15.5 Å². The highest BCUT2D eigenvalue weighted by molar-refractivity contribution is 9.10. The maximum absolute atomic E-state index is 12.4. The molecule has 1 aromatic carbocycles. The third kappa shape index (κ3) is 3.76. The Kier molecular flexibility index (Phi) is 5.22. The van der Waals surface area contributed by atoms with Gasteiger partial charge in [0, 0.05) is 25.2 Å². The molecule has 1 fully saturated rings. The van der Waals surface area contributed by atoms with Crippen LogP contribution in [0.5, 0.6) is 0 Å². The number of aromatic amines is 1. The van der Waals surface area contributed by atoms with Crippen LogP contribution in [0.3, 0.4) is 0 Å². The summed E-state index contributed by atoms with van der Waals surface area (Å²) in [6.45, 7) is 5.20. The number of nitrogens with one attached hydrogen (secondary N) is 2. The summed E-state index contributed by atoms with van der Waals surface area (Å²) in [4.78, 5) is 26.0. The summed E-state index contributed by atoms with van der Waals surface area (Å²) >= 11 is 3.44. The third-order valence-electron chi connectivity index (χ3n) is 4.27. The lowest BCUT2D eigenvalue weighted by Crippen LogP contribution is -2.25. The van der Waals surface area contributed by atoms with Gasteiger partial charge in [-0.3, -0.25) is 14.7 Å². The first-order valence-corrected chi connectivity index (χ1v) is 9.18. The van der Waals surface area contributed by atoms with E-state index in [1.807, 2.05) is 38.1 Å². The fourth-order valence-electron chi connectivity index (χ4n) is 2.90. The minimum atomic E-state index is -0.238. The fraction of sp³-hybridized carbons (Fsp3) is 0.389. The number of rotatable bonds is 5. The quantitative estimate of drug-likeness (QED) is 0.801. The average molecular weight is 405 g/mol. The van der Waals surface area contributed by atoms with Gasteiger partial charge < -0.3 is 10.2 Å². The van der Waals surface area contributed by atoms with Gasteiger partial charge in [0.1, 0.15) is 0 Å². The van der Waals surface area contributed by atoms with E-state index in [0.717, 1.165) is 29.9 Å². The summed E-state index contributed by atoms with van der Waals surface area (Å²) in [7, 11) is 0. The molecule has 3 rings (SSSR count). The molecule has 6 nitrogen and oxygen atoms in total. The molecule has 25 heavy (non-hydrogen) atoms. The normalized spacial score (nSPS) is 14.4. The van der Waals surface area contributed by atoms with Crippen LogP contribution in [-0.4, -0.2) is 28.6 Å². The first-order valence-electron chi connectivity index (χ1n) is 8.38. The van der Waals surface area contributed by atoms with Crippen molar-refractivity contribution >= 4 is 33.4 Å². The summed E-state index contributed by atoms with van der Waals surface area (Å²) in [5, 5.41) is 9.89. The van der Waals surface area contributed by atoms with Crippen molar-refractivity contribution in [3.8, 4) is 0 Å². The molecular formula is C18H21BrN4O2. The van der Waals surface area contributed by atoms with E-state index in [-0.39, 0.29) is 17.7 Å². The molecular weight excluding hydrogens is 384 g/mol. The Balaban J connectivity index is 1.67. The van der Waals surface area contributed by atoms with Gasteiger partial charge in [-0.1, -0.05) is 26.0 Å². The second-order valence-electron chi connectivity index (χ2n) is 6.46. The summed E-state index contributed by atoms with van der Waals surface area (Å²) in [5.41, 5.74) is 3.09. The number of H-pyrrole nitrogens is 1. The molecule has 0 aliphatic carbocycles. The Labute approximate surface area is 155 Å². The number of anilines is 1. The fourth-order valence-corrected chi connectivity index (χ4v) is 3.71. The van der Waals surface area contributed by atoms with Gasteiger partial charge in [0.2, 0.25) is 5.91 Å². The first kappa shape index (κ1) is 17.7. The van der Waals surface area contributed by atoms with Crippen LogP contribution in [0.1, 0.15) is 54.4 Å². The zero-order valence-electron chi connectivity index (χ0n) is 14.3. The minimum Gasteiger partial charge on any atom is -0.347 e. The van der Waals surface area contributed by atoms with Crippen LogP contribution in [-0.2, 0) is 11.3 Å². The van der Waals surface area contributed by atoms with Crippen LogP contribution in [0.2, 0.25) is 0 Å². The highest BCUT2D eigenvalue weighted by Gasteiger charge is 2.22. The second-order valence-corrected chi connectivity index (χ2v) is 7.25. The Morgan fingerprint density at radius 2 is 2.24 bits per heavy atom. The predicted octanol–water partition coefficient (Wildman–Crippen LogP) is 3.35. The largest absolute Gasteiger partial charge is 0.347 e. The number of benzene rings is 1. The minimum absolute atomic E-state index is 0.155. The Hall–Kier alpha value is -2.15. The lowest BCUT2D eigenvalue weighted by Gasteiger charge is -2.16. The van der Waals surface area contributed by atoms with Crippen molar-refractivity contribution in [3.05, 3.63) is 45.7 Å². The third-order valence-corrected chi connectivity index (χ3v) is 5.08. The predicted molar refractivity (Wildman–Crippen MR) is 99.6 cm³/mol. The van der Waals surface area contributed by atoms with E-state index in [4.69, 9.17) is 0 Å². The number of halogens is 1. The molecule has 7 heteroatoms. The van der Waals surface area contributed by atoms with Crippen LogP contribution < -0.4 is 10.2 Å². The van der Waals surface area contributed by atoms with E-state index >= 15 is 0 Å². The number of carbonyl (C=O) groups excluding carboxylic acids is 2. The van der Waals surface area contributed by atoms with Crippen molar-refractivity contribution < 1.29 is 9.59 Å². The van der Waals surface area contributed by atoms with E-state index in [2.05, 4.69) is 31.4 Å². The van der Waals surface area contributed by atoms with Crippen LogP contribution >= 0.6 is 15.9 Å². The zero-order valence-corrected chi connectivity index (χ0v) is 15.9. The molecule has 2 N–H and O–H groups in total. The number of hydrogen-bond donors (Lipinski definition) is 2. The Morgan fingerprint density at radius 3 is 2.88 bits per heavy atom. The number of nitrogens with zero attached hydrogens (tertiary/aromatic N) is 2. The Morgan fingerprint density at radius 1 is 1.44 bits per heavy atom. The number of aromatic nitrogens is 2. The maximum Gasteiger partial charge on any atom is 0.273 e. The lowest BCUT2D eigenvalue weighted by molar-refractivity contribution is -0.117. The van der Waals surface area contributed by atoms with Crippen LogP contribution in [0.4, 0.5) is 5.69 Å². The molecule has 1 aromatic heterocycles. The zero-order chi connectivity index (χ0) is 18.0. The number of amides is 2. The molecule has 1 aliphatic heterocycles. The van der Waals surface area contributed by atoms with Gasteiger partial charge in [-0.2, -0.15) is 5.10 Å². The van der Waals surface area contributed by atoms with Crippen molar-refractivity contribution in [3.63, 3.8) is 0 Å². The molecule has 0 bridgehead atoms. The van der Waals surface area contributed by atoms with Crippen molar-refractivity contribution in [1.29, 1.82) is 0 Å². The average Bonchev–Trinajstić information content (AvgIpc) is 3.18. The molecule has 2 amide bonds. The molecule has 0 saturated carbocycles. The van der Waals surface area contributed by atoms with Crippen molar-refractivity contribution in [2.75, 3.05) is 11.4 Å². The molecule has 2 aromatic rings. The summed E-state index contributed by atoms with van der Waals surface area (Å²) in [6, 6.07) is 7.71. The van der Waals surface area contributed by atoms with E-state index < -0.39 is 0 Å². The highest BCUT2D eigenvalue weighted by atomic mass is 79.9. The standard InChI is InChI=1S/C18H21BrN4O2/c1-11(2)16-15(19)17(22-21-16)18(25)20-10-12-5-3-6-13(9-12)23-8-4-7-14(23)24/h3,5-6,9,11H,4,7-8,10H2,1-2H3,(H,20,25)(H,21,22). The topological polar surface area (TPSA) is 78.1 Å². The van der Waals surface area contributed by atoms with Crippen LogP contribution in [0.25, 0.3) is 0 Å². The molecule has 0 atom stereocenters. The van der Waals surface area contributed by atoms with Gasteiger partial charge in [0.05, 0.1) is 10.2 Å². The van der Waals surface area contributed by atoms with E-state index in [1.54, 1.807) is 4.90 Å². The van der Waals surface area contributed by atoms with E-state index in [9.17, 15) is 9.59 Å². The van der Waals surface area contributed by atoms with Crippen molar-refractivity contribution in [2.45, 2.75) is 39.2 Å². The molecule has 1 aliphatic rings. The SMILES string of the molecule is CC(C)c1[nH]nc(C(=O)NCc2cccc(N3CCCC3=O)c2)c1Br. The van der Waals surface area contributed by atoms with E-state index in [1.165, 1.54) is 0 Å². The van der Waals surface area contributed by atoms with Crippen molar-refractivity contribution in [2.24, 2.45) is 0 Å². The molecule has 2 heterocycles. The lowest BCUT2D eigenvalue weighted by atomic mass is 10.1. The van der Waals surface area contributed by atoms with Crippen LogP contribution in [0, 0.1) is 0 Å². The van der Waals surface area contributed by atoms with Gasteiger partial charge in [0.25, 0.3) is 5.91 Å². The smallest absolute Gasteiger partial charge is 0.273 e. The molecule has 0 radical (unpaired) electrons. The molecule has 0 spiro atoms. The van der Waals surface area contributed by atoms with Gasteiger partial charge in [-0.05, 0) is 46.0 Å². The maximum atomic E-state index is 12.4. The summed E-state index contributed by atoms with van der Waals surface area (Å²) in [5.74, 6) is 0.165. The Bertz CT molecular complexity index is 800. The second kappa shape index (κ2) is 7.39. The first-order chi connectivity index (χ1) is 12.0. The molecule has 1 saturated heterocycles. The highest BCUT2D eigenvalue weighted by Crippen LogP contribution is 2.26. The van der Waals surface area contributed by atoms with Gasteiger partial charge >= 0.3 is 0 Å². The van der Waals surface area contributed by atoms with E-state index in [0.29, 0.717) is 23.1 Å². The number of hydrogen-bond acceptors (Lipinski definition) is 3.